The fourth-order valence-corrected chi connectivity index (χ4v) is 1.94. The molecule has 0 atom stereocenters. The summed E-state index contributed by atoms with van der Waals surface area (Å²) < 4.78 is 38.5. The van der Waals surface area contributed by atoms with Crippen molar-refractivity contribution in [1.29, 1.82) is 0 Å². The van der Waals surface area contributed by atoms with Gasteiger partial charge in [0.05, 0.1) is 26.5 Å². The maximum Gasteiger partial charge on any atom is 0.290 e. The van der Waals surface area contributed by atoms with Crippen molar-refractivity contribution in [2.45, 2.75) is 5.92 Å². The van der Waals surface area contributed by atoms with Crippen LogP contribution in [0.15, 0.2) is 48.5 Å². The summed E-state index contributed by atoms with van der Waals surface area (Å²) in [5.41, 5.74) is 0.437. The van der Waals surface area contributed by atoms with Crippen LogP contribution in [0, 0.1) is 0 Å². The maximum atomic E-state index is 14.1. The highest BCUT2D eigenvalue weighted by atomic mass is 19.3. The predicted molar refractivity (Wildman–Crippen MR) is 78.4 cm³/mol. The van der Waals surface area contributed by atoms with E-state index in [4.69, 9.17) is 9.47 Å². The predicted octanol–water partition coefficient (Wildman–Crippen LogP) is 3.91. The summed E-state index contributed by atoms with van der Waals surface area (Å²) in [7, 11) is 3.01. The second-order valence-electron chi connectivity index (χ2n) is 4.49. The van der Waals surface area contributed by atoms with Gasteiger partial charge in [-0.05, 0) is 12.1 Å². The number of alkyl halides is 2. The lowest BCUT2D eigenvalue weighted by atomic mass is 10.1. The fraction of sp³-hybridized carbons (Fsp3) is 0.250. The van der Waals surface area contributed by atoms with Crippen molar-refractivity contribution in [2.75, 3.05) is 26.1 Å². The topological polar surface area (TPSA) is 30.5 Å². The number of nitrogens with one attached hydrogen (secondary N) is 1. The number of ether oxygens (including phenoxy) is 2. The molecule has 3 nitrogen and oxygen atoms in total. The quantitative estimate of drug-likeness (QED) is 0.876. The Bertz CT molecular complexity index is 588. The first-order valence-electron chi connectivity index (χ1n) is 6.46. The Kier molecular flexibility index (Phi) is 4.62. The molecule has 0 saturated heterocycles. The Morgan fingerprint density at radius 2 is 1.71 bits per heavy atom. The van der Waals surface area contributed by atoms with Crippen LogP contribution in [0.4, 0.5) is 14.5 Å². The van der Waals surface area contributed by atoms with Gasteiger partial charge in [0.15, 0.2) is 0 Å². The van der Waals surface area contributed by atoms with E-state index in [2.05, 4.69) is 5.32 Å². The van der Waals surface area contributed by atoms with Crippen molar-refractivity contribution in [2.24, 2.45) is 0 Å². The molecule has 0 aliphatic heterocycles. The number of anilines is 1. The molecule has 2 rings (SSSR count). The van der Waals surface area contributed by atoms with Crippen molar-refractivity contribution < 1.29 is 18.3 Å². The second-order valence-corrected chi connectivity index (χ2v) is 4.49. The van der Waals surface area contributed by atoms with E-state index in [0.717, 1.165) is 0 Å². The molecule has 0 radical (unpaired) electrons. The van der Waals surface area contributed by atoms with Gasteiger partial charge >= 0.3 is 0 Å². The Labute approximate surface area is 122 Å². The molecule has 0 aromatic heterocycles. The Morgan fingerprint density at radius 1 is 1.00 bits per heavy atom. The van der Waals surface area contributed by atoms with Crippen LogP contribution in [0.1, 0.15) is 5.56 Å². The van der Waals surface area contributed by atoms with Gasteiger partial charge in [0.2, 0.25) is 0 Å². The Morgan fingerprint density at radius 3 is 2.33 bits per heavy atom. The zero-order valence-corrected chi connectivity index (χ0v) is 11.9. The molecule has 0 aliphatic carbocycles. The summed E-state index contributed by atoms with van der Waals surface area (Å²) in [5, 5.41) is 2.72. The minimum Gasteiger partial charge on any atom is -0.497 e. The van der Waals surface area contributed by atoms with Crippen molar-refractivity contribution in [1.82, 2.24) is 0 Å². The standard InChI is InChI=1S/C16H17F2NO2/c1-20-13-8-9-15(21-2)14(10-13)19-11-16(17,18)12-6-4-3-5-7-12/h3-10,19H,11H2,1-2H3. The highest BCUT2D eigenvalue weighted by Gasteiger charge is 2.31. The third kappa shape index (κ3) is 3.62. The summed E-state index contributed by atoms with van der Waals surface area (Å²) in [5.74, 6) is -1.92. The average Bonchev–Trinajstić information content (AvgIpc) is 2.53. The van der Waals surface area contributed by atoms with Gasteiger partial charge in [0.1, 0.15) is 11.5 Å². The van der Waals surface area contributed by atoms with Gasteiger partial charge in [-0.1, -0.05) is 30.3 Å². The molecule has 0 bridgehead atoms. The molecule has 0 heterocycles. The lowest BCUT2D eigenvalue weighted by Crippen LogP contribution is -2.24. The monoisotopic (exact) mass is 293 g/mol. The summed E-state index contributed by atoms with van der Waals surface area (Å²) in [6.07, 6.45) is 0. The molecular weight excluding hydrogens is 276 g/mol. The van der Waals surface area contributed by atoms with E-state index in [9.17, 15) is 8.78 Å². The summed E-state index contributed by atoms with van der Waals surface area (Å²) in [6.45, 7) is -0.527. The summed E-state index contributed by atoms with van der Waals surface area (Å²) in [6, 6.07) is 12.7. The van der Waals surface area contributed by atoms with Crippen LogP contribution < -0.4 is 14.8 Å². The van der Waals surface area contributed by atoms with Crippen LogP contribution in [0.5, 0.6) is 11.5 Å². The molecule has 2 aromatic carbocycles. The largest absolute Gasteiger partial charge is 0.497 e. The summed E-state index contributed by atoms with van der Waals surface area (Å²) >= 11 is 0. The molecule has 2 aromatic rings. The van der Waals surface area contributed by atoms with Gasteiger partial charge in [-0.25, -0.2) is 0 Å². The number of benzene rings is 2. The van der Waals surface area contributed by atoms with Crippen LogP contribution in [-0.2, 0) is 5.92 Å². The minimum atomic E-state index is -2.98. The van der Waals surface area contributed by atoms with Crippen molar-refractivity contribution in [3.05, 3.63) is 54.1 Å². The fourth-order valence-electron chi connectivity index (χ4n) is 1.94. The smallest absolute Gasteiger partial charge is 0.290 e. The number of hydrogen-bond acceptors (Lipinski definition) is 3. The Hall–Kier alpha value is -2.30. The molecular formula is C16H17F2NO2. The molecule has 0 fully saturated rings. The highest BCUT2D eigenvalue weighted by Crippen LogP contribution is 2.32. The molecule has 0 saturated carbocycles. The highest BCUT2D eigenvalue weighted by molar-refractivity contribution is 5.60. The lowest BCUT2D eigenvalue weighted by Gasteiger charge is -2.19. The average molecular weight is 293 g/mol. The summed E-state index contributed by atoms with van der Waals surface area (Å²) in [4.78, 5) is 0. The van der Waals surface area contributed by atoms with Gasteiger partial charge in [-0.15, -0.1) is 0 Å². The van der Waals surface area contributed by atoms with Gasteiger partial charge in [0, 0.05) is 11.6 Å². The van der Waals surface area contributed by atoms with Crippen LogP contribution in [0.25, 0.3) is 0 Å². The first-order valence-corrected chi connectivity index (χ1v) is 6.46. The van der Waals surface area contributed by atoms with Crippen molar-refractivity contribution in [3.63, 3.8) is 0 Å². The second kappa shape index (κ2) is 6.43. The van der Waals surface area contributed by atoms with Crippen LogP contribution in [0.2, 0.25) is 0 Å². The number of methoxy groups -OCH3 is 2. The van der Waals surface area contributed by atoms with E-state index in [-0.39, 0.29) is 5.56 Å². The van der Waals surface area contributed by atoms with E-state index in [0.29, 0.717) is 17.2 Å². The molecule has 0 spiro atoms. The van der Waals surface area contributed by atoms with Crippen molar-refractivity contribution in [3.8, 4) is 11.5 Å². The first-order chi connectivity index (χ1) is 10.1. The van der Waals surface area contributed by atoms with Gasteiger partial charge in [0.25, 0.3) is 5.92 Å². The third-order valence-corrected chi connectivity index (χ3v) is 3.10. The van der Waals surface area contributed by atoms with E-state index in [1.165, 1.54) is 26.4 Å². The zero-order chi connectivity index (χ0) is 15.3. The SMILES string of the molecule is COc1ccc(OC)c(NCC(F)(F)c2ccccc2)c1. The number of hydrogen-bond donors (Lipinski definition) is 1. The molecule has 5 heteroatoms. The zero-order valence-electron chi connectivity index (χ0n) is 11.9. The van der Waals surface area contributed by atoms with Gasteiger partial charge < -0.3 is 14.8 Å². The number of halogens is 2. The maximum absolute atomic E-state index is 14.1. The number of rotatable bonds is 6. The molecule has 0 unspecified atom stereocenters. The molecule has 21 heavy (non-hydrogen) atoms. The third-order valence-electron chi connectivity index (χ3n) is 3.10. The van der Waals surface area contributed by atoms with Crippen molar-refractivity contribution >= 4 is 5.69 Å². The van der Waals surface area contributed by atoms with E-state index in [1.807, 2.05) is 0 Å². The normalized spacial score (nSPS) is 11.0. The van der Waals surface area contributed by atoms with Gasteiger partial charge in [-0.3, -0.25) is 0 Å². The van der Waals surface area contributed by atoms with Crippen LogP contribution in [-0.4, -0.2) is 20.8 Å². The van der Waals surface area contributed by atoms with Crippen LogP contribution >= 0.6 is 0 Å². The molecule has 0 aliphatic rings. The minimum absolute atomic E-state index is 0.0284. The molecule has 112 valence electrons. The molecule has 0 amide bonds. The van der Waals surface area contributed by atoms with E-state index >= 15 is 0 Å². The molecule has 1 N–H and O–H groups in total. The van der Waals surface area contributed by atoms with E-state index in [1.54, 1.807) is 36.4 Å². The Balaban J connectivity index is 2.15. The van der Waals surface area contributed by atoms with Crippen LogP contribution in [0.3, 0.4) is 0 Å². The van der Waals surface area contributed by atoms with E-state index < -0.39 is 12.5 Å². The van der Waals surface area contributed by atoms with Gasteiger partial charge in [-0.2, -0.15) is 8.78 Å². The first kappa shape index (κ1) is 15.1. The lowest BCUT2D eigenvalue weighted by molar-refractivity contribution is 0.0106.